The van der Waals surface area contributed by atoms with Gasteiger partial charge in [-0.1, -0.05) is 103 Å². The molecule has 5 nitrogen and oxygen atoms in total. The van der Waals surface area contributed by atoms with Crippen LogP contribution in [0.25, 0.3) is 0 Å². The SMILES string of the molecule is C[N+](C)(CCOCCc1ccccc1)Cc1cc(C([O-])(c2ccccc2)C2CCCCC2)no1. The predicted octanol–water partition coefficient (Wildman–Crippen LogP) is 4.69. The van der Waals surface area contributed by atoms with Gasteiger partial charge >= 0.3 is 0 Å². The summed E-state index contributed by atoms with van der Waals surface area (Å²) < 4.78 is 12.3. The van der Waals surface area contributed by atoms with E-state index >= 15 is 0 Å². The molecule has 2 aromatic carbocycles. The maximum atomic E-state index is 14.5. The zero-order chi connectivity index (χ0) is 23.9. The van der Waals surface area contributed by atoms with Crippen molar-refractivity contribution >= 4 is 0 Å². The van der Waals surface area contributed by atoms with Gasteiger partial charge in [-0.05, 0) is 23.5 Å². The van der Waals surface area contributed by atoms with Crippen molar-refractivity contribution in [3.63, 3.8) is 0 Å². The third-order valence-electron chi connectivity index (χ3n) is 7.12. The van der Waals surface area contributed by atoms with Crippen molar-refractivity contribution in [3.8, 4) is 0 Å². The van der Waals surface area contributed by atoms with Crippen LogP contribution in [0, 0.1) is 5.92 Å². The van der Waals surface area contributed by atoms with E-state index in [1.165, 1.54) is 12.0 Å². The van der Waals surface area contributed by atoms with E-state index in [9.17, 15) is 5.11 Å². The Hall–Kier alpha value is -2.47. The zero-order valence-electron chi connectivity index (χ0n) is 20.6. The number of nitrogens with zero attached hydrogens (tertiary/aromatic N) is 2. The molecule has 0 radical (unpaired) electrons. The topological polar surface area (TPSA) is 58.3 Å². The molecule has 1 aliphatic carbocycles. The van der Waals surface area contributed by atoms with E-state index < -0.39 is 5.60 Å². The van der Waals surface area contributed by atoms with Gasteiger partial charge < -0.3 is 18.8 Å². The minimum Gasteiger partial charge on any atom is -0.841 e. The Balaban J connectivity index is 1.37. The molecule has 4 rings (SSSR count). The van der Waals surface area contributed by atoms with Gasteiger partial charge in [-0.15, -0.1) is 0 Å². The first kappa shape index (κ1) is 24.6. The Morgan fingerprint density at radius 2 is 1.65 bits per heavy atom. The number of rotatable bonds is 11. The second kappa shape index (κ2) is 11.3. The summed E-state index contributed by atoms with van der Waals surface area (Å²) in [6.07, 6.45) is 6.25. The molecule has 1 aromatic heterocycles. The number of aromatic nitrogens is 1. The fourth-order valence-corrected chi connectivity index (χ4v) is 5.10. The van der Waals surface area contributed by atoms with E-state index in [1.54, 1.807) is 0 Å². The van der Waals surface area contributed by atoms with Crippen LogP contribution in [0.15, 0.2) is 71.3 Å². The lowest BCUT2D eigenvalue weighted by Gasteiger charge is -2.48. The average molecular weight is 463 g/mol. The van der Waals surface area contributed by atoms with Crippen molar-refractivity contribution in [1.82, 2.24) is 5.16 Å². The highest BCUT2D eigenvalue weighted by Gasteiger charge is 2.35. The maximum absolute atomic E-state index is 14.5. The van der Waals surface area contributed by atoms with E-state index in [0.717, 1.165) is 50.0 Å². The molecule has 0 aliphatic heterocycles. The third-order valence-corrected chi connectivity index (χ3v) is 7.12. The average Bonchev–Trinajstić information content (AvgIpc) is 3.33. The molecule has 0 spiro atoms. The highest BCUT2D eigenvalue weighted by atomic mass is 16.5. The largest absolute Gasteiger partial charge is 0.841 e. The molecule has 0 N–H and O–H groups in total. The molecule has 1 heterocycles. The van der Waals surface area contributed by atoms with Crippen LogP contribution in [0.5, 0.6) is 0 Å². The van der Waals surface area contributed by atoms with Crippen molar-refractivity contribution in [2.75, 3.05) is 33.9 Å². The molecular formula is C29H38N2O3. The molecule has 1 atom stereocenters. The minimum absolute atomic E-state index is 0.0436. The molecule has 182 valence electrons. The van der Waals surface area contributed by atoms with Crippen LogP contribution in [0.4, 0.5) is 0 Å². The van der Waals surface area contributed by atoms with E-state index in [4.69, 9.17) is 9.26 Å². The lowest BCUT2D eigenvalue weighted by Crippen LogP contribution is -2.49. The highest BCUT2D eigenvalue weighted by Crippen LogP contribution is 2.41. The van der Waals surface area contributed by atoms with Gasteiger partial charge in [0.1, 0.15) is 13.1 Å². The number of hydrogen-bond acceptors (Lipinski definition) is 4. The molecule has 1 saturated carbocycles. The predicted molar refractivity (Wildman–Crippen MR) is 132 cm³/mol. The second-order valence-corrected chi connectivity index (χ2v) is 10.3. The zero-order valence-corrected chi connectivity index (χ0v) is 20.6. The lowest BCUT2D eigenvalue weighted by molar-refractivity contribution is -0.905. The molecule has 1 unspecified atom stereocenters. The van der Waals surface area contributed by atoms with E-state index in [-0.39, 0.29) is 5.92 Å². The molecule has 34 heavy (non-hydrogen) atoms. The molecule has 1 fully saturated rings. The molecule has 0 amide bonds. The molecule has 0 bridgehead atoms. The summed E-state index contributed by atoms with van der Waals surface area (Å²) in [6, 6.07) is 22.1. The van der Waals surface area contributed by atoms with Gasteiger partial charge in [0, 0.05) is 6.07 Å². The summed E-state index contributed by atoms with van der Waals surface area (Å²) >= 11 is 0. The summed E-state index contributed by atoms with van der Waals surface area (Å²) in [7, 11) is 4.32. The molecular weight excluding hydrogens is 424 g/mol. The van der Waals surface area contributed by atoms with Gasteiger partial charge in [-0.3, -0.25) is 0 Å². The third kappa shape index (κ3) is 6.15. The van der Waals surface area contributed by atoms with Crippen LogP contribution in [0.2, 0.25) is 0 Å². The Bertz CT molecular complexity index is 996. The van der Waals surface area contributed by atoms with Crippen LogP contribution in [0.1, 0.15) is 54.7 Å². The Labute approximate surface area is 203 Å². The summed E-state index contributed by atoms with van der Waals surface area (Å²) in [6.45, 7) is 2.92. The summed E-state index contributed by atoms with van der Waals surface area (Å²) in [4.78, 5) is 0. The number of hydrogen-bond donors (Lipinski definition) is 0. The van der Waals surface area contributed by atoms with Crippen molar-refractivity contribution in [2.24, 2.45) is 5.92 Å². The van der Waals surface area contributed by atoms with Crippen LogP contribution in [-0.2, 0) is 23.3 Å². The van der Waals surface area contributed by atoms with Crippen LogP contribution >= 0.6 is 0 Å². The summed E-state index contributed by atoms with van der Waals surface area (Å²) in [5.41, 5.74) is 1.26. The van der Waals surface area contributed by atoms with Gasteiger partial charge in [-0.25, -0.2) is 0 Å². The van der Waals surface area contributed by atoms with Crippen molar-refractivity contribution in [1.29, 1.82) is 0 Å². The summed E-state index contributed by atoms with van der Waals surface area (Å²) in [5.74, 6) is 0.804. The fourth-order valence-electron chi connectivity index (χ4n) is 5.10. The Kier molecular flexibility index (Phi) is 8.19. The monoisotopic (exact) mass is 462 g/mol. The number of likely N-dealkylation sites (N-methyl/N-ethyl adjacent to an activating group) is 1. The van der Waals surface area contributed by atoms with Gasteiger partial charge in [0.25, 0.3) is 0 Å². The first-order valence-electron chi connectivity index (χ1n) is 12.6. The standard InChI is InChI=1S/C29H38N2O3/c1-31(2,19-21-33-20-18-24-12-6-3-7-13-24)23-27-22-28(30-34-27)29(32,25-14-8-4-9-15-25)26-16-10-5-11-17-26/h3-4,6-9,12-15,22,26H,5,10-11,16-21,23H2,1-2H3. The first-order valence-corrected chi connectivity index (χ1v) is 12.6. The number of benzene rings is 2. The van der Waals surface area contributed by atoms with Crippen LogP contribution < -0.4 is 5.11 Å². The minimum atomic E-state index is -1.36. The van der Waals surface area contributed by atoms with Crippen molar-refractivity contribution < 1.29 is 18.8 Å². The van der Waals surface area contributed by atoms with Gasteiger partial charge in [0.05, 0.1) is 33.0 Å². The lowest BCUT2D eigenvalue weighted by atomic mass is 9.71. The van der Waals surface area contributed by atoms with Crippen LogP contribution in [-0.4, -0.2) is 43.5 Å². The summed E-state index contributed by atoms with van der Waals surface area (Å²) in [5, 5.41) is 18.8. The van der Waals surface area contributed by atoms with Crippen LogP contribution in [0.3, 0.4) is 0 Å². The van der Waals surface area contributed by atoms with E-state index in [1.807, 2.05) is 42.5 Å². The van der Waals surface area contributed by atoms with Gasteiger partial charge in [0.15, 0.2) is 5.76 Å². The smallest absolute Gasteiger partial charge is 0.191 e. The molecule has 1 aliphatic rings. The first-order chi connectivity index (χ1) is 16.5. The van der Waals surface area contributed by atoms with Gasteiger partial charge in [-0.2, -0.15) is 0 Å². The Morgan fingerprint density at radius 3 is 2.35 bits per heavy atom. The fraction of sp³-hybridized carbons (Fsp3) is 0.483. The highest BCUT2D eigenvalue weighted by molar-refractivity contribution is 5.33. The number of quaternary nitrogens is 1. The Morgan fingerprint density at radius 1 is 0.971 bits per heavy atom. The van der Waals surface area contributed by atoms with Crippen molar-refractivity contribution in [2.45, 2.75) is 50.7 Å². The normalized spacial score (nSPS) is 16.9. The van der Waals surface area contributed by atoms with Gasteiger partial charge in [0.2, 0.25) is 0 Å². The van der Waals surface area contributed by atoms with E-state index in [2.05, 4.69) is 43.5 Å². The number of ether oxygens (including phenoxy) is 1. The molecule has 0 saturated heterocycles. The van der Waals surface area contributed by atoms with E-state index in [0.29, 0.717) is 29.9 Å². The molecule has 3 aromatic rings. The second-order valence-electron chi connectivity index (χ2n) is 10.3. The molecule has 5 heteroatoms. The van der Waals surface area contributed by atoms with Crippen molar-refractivity contribution in [3.05, 3.63) is 89.3 Å². The quantitative estimate of drug-likeness (QED) is 0.306. The maximum Gasteiger partial charge on any atom is 0.191 e.